The number of methoxy groups -OCH3 is 1. The summed E-state index contributed by atoms with van der Waals surface area (Å²) in [6.07, 6.45) is 3.82. The van der Waals surface area contributed by atoms with Gasteiger partial charge in [-0.15, -0.1) is 0 Å². The first-order chi connectivity index (χ1) is 12.7. The van der Waals surface area contributed by atoms with E-state index in [2.05, 4.69) is 10.3 Å². The Morgan fingerprint density at radius 3 is 2.50 bits per heavy atom. The Kier molecular flexibility index (Phi) is 6.57. The highest BCUT2D eigenvalue weighted by Crippen LogP contribution is 2.16. The summed E-state index contributed by atoms with van der Waals surface area (Å²) in [6.45, 7) is 3.31. The Bertz CT molecular complexity index is 685. The SMILES string of the molecule is COc1ccc(CN(Cc2ccncc2)C(=O)CC2CNCCO2)cc1. The molecule has 3 rings (SSSR count). The summed E-state index contributed by atoms with van der Waals surface area (Å²) in [7, 11) is 1.65. The number of rotatable bonds is 7. The molecular formula is C20H25N3O3. The number of hydrogen-bond donors (Lipinski definition) is 1. The van der Waals surface area contributed by atoms with Crippen molar-refractivity contribution in [3.05, 3.63) is 59.9 Å². The van der Waals surface area contributed by atoms with E-state index in [9.17, 15) is 4.79 Å². The molecular weight excluding hydrogens is 330 g/mol. The summed E-state index contributed by atoms with van der Waals surface area (Å²) in [5.41, 5.74) is 2.13. The summed E-state index contributed by atoms with van der Waals surface area (Å²) < 4.78 is 10.9. The summed E-state index contributed by atoms with van der Waals surface area (Å²) in [5.74, 6) is 0.897. The van der Waals surface area contributed by atoms with E-state index in [0.717, 1.165) is 30.0 Å². The number of pyridine rings is 1. The summed E-state index contributed by atoms with van der Waals surface area (Å²) in [4.78, 5) is 18.8. The number of carbonyl (C=O) groups excluding carboxylic acids is 1. The van der Waals surface area contributed by atoms with E-state index in [1.54, 1.807) is 19.5 Å². The third-order valence-corrected chi connectivity index (χ3v) is 4.41. The van der Waals surface area contributed by atoms with E-state index in [0.29, 0.717) is 26.1 Å². The molecule has 0 spiro atoms. The number of hydrogen-bond acceptors (Lipinski definition) is 5. The van der Waals surface area contributed by atoms with Gasteiger partial charge >= 0.3 is 0 Å². The van der Waals surface area contributed by atoms with E-state index >= 15 is 0 Å². The maximum absolute atomic E-state index is 12.9. The van der Waals surface area contributed by atoms with Crippen LogP contribution in [0.5, 0.6) is 5.75 Å². The van der Waals surface area contributed by atoms with Crippen LogP contribution < -0.4 is 10.1 Å². The number of nitrogens with one attached hydrogen (secondary N) is 1. The number of aromatic nitrogens is 1. The molecule has 1 unspecified atom stereocenters. The Morgan fingerprint density at radius 2 is 1.88 bits per heavy atom. The van der Waals surface area contributed by atoms with Gasteiger partial charge < -0.3 is 19.7 Å². The van der Waals surface area contributed by atoms with Crippen molar-refractivity contribution >= 4 is 5.91 Å². The fraction of sp³-hybridized carbons (Fsp3) is 0.400. The number of nitrogens with zero attached hydrogens (tertiary/aromatic N) is 2. The van der Waals surface area contributed by atoms with Crippen LogP contribution in [0.4, 0.5) is 0 Å². The standard InChI is InChI=1S/C20H25N3O3/c1-25-18-4-2-16(3-5-18)14-23(15-17-6-8-21-9-7-17)20(24)12-19-13-22-10-11-26-19/h2-9,19,22H,10-15H2,1H3. The molecule has 6 nitrogen and oxygen atoms in total. The summed E-state index contributed by atoms with van der Waals surface area (Å²) in [5, 5.41) is 3.27. The monoisotopic (exact) mass is 355 g/mol. The van der Waals surface area contributed by atoms with Gasteiger partial charge in [0.2, 0.25) is 5.91 Å². The maximum Gasteiger partial charge on any atom is 0.225 e. The second kappa shape index (κ2) is 9.31. The molecule has 0 bridgehead atoms. The van der Waals surface area contributed by atoms with Gasteiger partial charge in [-0.05, 0) is 35.4 Å². The minimum atomic E-state index is -0.0629. The normalized spacial score (nSPS) is 16.9. The van der Waals surface area contributed by atoms with Crippen molar-refractivity contribution in [2.24, 2.45) is 0 Å². The quantitative estimate of drug-likeness (QED) is 0.823. The number of carbonyl (C=O) groups is 1. The minimum absolute atomic E-state index is 0.0629. The first kappa shape index (κ1) is 18.4. The highest BCUT2D eigenvalue weighted by atomic mass is 16.5. The van der Waals surface area contributed by atoms with Crippen molar-refractivity contribution in [2.45, 2.75) is 25.6 Å². The highest BCUT2D eigenvalue weighted by molar-refractivity contribution is 5.76. The van der Waals surface area contributed by atoms with Crippen molar-refractivity contribution in [2.75, 3.05) is 26.8 Å². The fourth-order valence-electron chi connectivity index (χ4n) is 2.97. The van der Waals surface area contributed by atoms with E-state index in [1.165, 1.54) is 0 Å². The van der Waals surface area contributed by atoms with Gasteiger partial charge in [-0.25, -0.2) is 0 Å². The summed E-state index contributed by atoms with van der Waals surface area (Å²) in [6, 6.07) is 11.7. The van der Waals surface area contributed by atoms with Crippen molar-refractivity contribution in [1.82, 2.24) is 15.2 Å². The largest absolute Gasteiger partial charge is 0.497 e. The van der Waals surface area contributed by atoms with Crippen LogP contribution in [0.15, 0.2) is 48.8 Å². The number of amides is 1. The fourth-order valence-corrected chi connectivity index (χ4v) is 2.97. The van der Waals surface area contributed by atoms with Crippen LogP contribution in [-0.2, 0) is 22.6 Å². The van der Waals surface area contributed by atoms with Crippen LogP contribution in [0.3, 0.4) is 0 Å². The first-order valence-corrected chi connectivity index (χ1v) is 8.86. The predicted octanol–water partition coefficient (Wildman–Crippen LogP) is 2.00. The second-order valence-electron chi connectivity index (χ2n) is 6.35. The number of ether oxygens (including phenoxy) is 2. The van der Waals surface area contributed by atoms with Crippen LogP contribution in [-0.4, -0.2) is 48.7 Å². The van der Waals surface area contributed by atoms with Gasteiger partial charge in [0.05, 0.1) is 26.2 Å². The van der Waals surface area contributed by atoms with Crippen LogP contribution in [0.25, 0.3) is 0 Å². The van der Waals surface area contributed by atoms with Gasteiger partial charge in [0.15, 0.2) is 0 Å². The average Bonchev–Trinajstić information content (AvgIpc) is 2.69. The molecule has 1 saturated heterocycles. The smallest absolute Gasteiger partial charge is 0.225 e. The van der Waals surface area contributed by atoms with Crippen LogP contribution in [0, 0.1) is 0 Å². The van der Waals surface area contributed by atoms with Gasteiger partial charge in [0, 0.05) is 38.6 Å². The molecule has 1 N–H and O–H groups in total. The molecule has 6 heteroatoms. The lowest BCUT2D eigenvalue weighted by molar-refractivity contribution is -0.136. The lowest BCUT2D eigenvalue weighted by Crippen LogP contribution is -2.42. The molecule has 1 atom stereocenters. The Hall–Kier alpha value is -2.44. The molecule has 138 valence electrons. The zero-order chi connectivity index (χ0) is 18.2. The molecule has 1 aromatic carbocycles. The Labute approximate surface area is 154 Å². The lowest BCUT2D eigenvalue weighted by Gasteiger charge is -2.28. The number of benzene rings is 1. The predicted molar refractivity (Wildman–Crippen MR) is 98.7 cm³/mol. The molecule has 1 aliphatic heterocycles. The van der Waals surface area contributed by atoms with Crippen LogP contribution >= 0.6 is 0 Å². The zero-order valence-corrected chi connectivity index (χ0v) is 15.1. The van der Waals surface area contributed by atoms with E-state index in [1.807, 2.05) is 41.3 Å². The van der Waals surface area contributed by atoms with E-state index < -0.39 is 0 Å². The molecule has 0 aliphatic carbocycles. The molecule has 26 heavy (non-hydrogen) atoms. The highest BCUT2D eigenvalue weighted by Gasteiger charge is 2.22. The van der Waals surface area contributed by atoms with Crippen molar-refractivity contribution in [3.8, 4) is 5.75 Å². The van der Waals surface area contributed by atoms with Crippen LogP contribution in [0.1, 0.15) is 17.5 Å². The topological polar surface area (TPSA) is 63.7 Å². The Morgan fingerprint density at radius 1 is 1.19 bits per heavy atom. The van der Waals surface area contributed by atoms with E-state index in [4.69, 9.17) is 9.47 Å². The summed E-state index contributed by atoms with van der Waals surface area (Å²) >= 11 is 0. The van der Waals surface area contributed by atoms with Gasteiger partial charge in [0.1, 0.15) is 5.75 Å². The average molecular weight is 355 g/mol. The van der Waals surface area contributed by atoms with Gasteiger partial charge in [-0.3, -0.25) is 9.78 Å². The molecule has 0 saturated carbocycles. The third kappa shape index (κ3) is 5.28. The molecule has 1 fully saturated rings. The maximum atomic E-state index is 12.9. The molecule has 0 radical (unpaired) electrons. The number of morpholine rings is 1. The van der Waals surface area contributed by atoms with Gasteiger partial charge in [-0.2, -0.15) is 0 Å². The van der Waals surface area contributed by atoms with Crippen molar-refractivity contribution in [1.29, 1.82) is 0 Å². The molecule has 1 aliphatic rings. The lowest BCUT2D eigenvalue weighted by atomic mass is 10.1. The van der Waals surface area contributed by atoms with Gasteiger partial charge in [0.25, 0.3) is 0 Å². The molecule has 1 amide bonds. The zero-order valence-electron chi connectivity index (χ0n) is 15.1. The third-order valence-electron chi connectivity index (χ3n) is 4.41. The minimum Gasteiger partial charge on any atom is -0.497 e. The van der Waals surface area contributed by atoms with Crippen molar-refractivity contribution in [3.63, 3.8) is 0 Å². The van der Waals surface area contributed by atoms with Gasteiger partial charge in [-0.1, -0.05) is 12.1 Å². The molecule has 2 aromatic rings. The van der Waals surface area contributed by atoms with Crippen LogP contribution in [0.2, 0.25) is 0 Å². The van der Waals surface area contributed by atoms with Crippen molar-refractivity contribution < 1.29 is 14.3 Å². The molecule has 2 heterocycles. The molecule has 1 aromatic heterocycles. The Balaban J connectivity index is 1.70. The van der Waals surface area contributed by atoms with E-state index in [-0.39, 0.29) is 12.0 Å². The first-order valence-electron chi connectivity index (χ1n) is 8.86. The second-order valence-corrected chi connectivity index (χ2v) is 6.35.